The Morgan fingerprint density at radius 3 is 2.08 bits per heavy atom. The second-order valence-corrected chi connectivity index (χ2v) is 12.7. The van der Waals surface area contributed by atoms with Crippen molar-refractivity contribution >= 4 is 65.8 Å². The summed E-state index contributed by atoms with van der Waals surface area (Å²) in [5, 5.41) is 6.35. The summed E-state index contributed by atoms with van der Waals surface area (Å²) in [4.78, 5) is 19.8. The van der Waals surface area contributed by atoms with Crippen molar-refractivity contribution in [3.05, 3.63) is 152 Å². The molecule has 7 heteroatoms. The summed E-state index contributed by atoms with van der Waals surface area (Å²) in [6, 6.07) is 49.2. The Bertz CT molecular complexity index is 3100. The molecule has 238 valence electrons. The van der Waals surface area contributed by atoms with E-state index in [9.17, 15) is 0 Å². The Hall–Kier alpha value is -7.12. The number of para-hydroxylation sites is 3. The van der Waals surface area contributed by atoms with Gasteiger partial charge in [0.05, 0.1) is 16.8 Å². The Labute approximate surface area is 290 Å². The van der Waals surface area contributed by atoms with E-state index >= 15 is 0 Å². The van der Waals surface area contributed by atoms with Crippen LogP contribution in [0, 0.1) is 0 Å². The lowest BCUT2D eigenvalue weighted by Gasteiger charge is -2.09. The fraction of sp³-hybridized carbons (Fsp3) is 0. The smallest absolute Gasteiger partial charge is 0.167 e. The van der Waals surface area contributed by atoms with E-state index in [1.165, 1.54) is 0 Å². The molecule has 0 saturated carbocycles. The molecule has 11 rings (SSSR count). The fourth-order valence-electron chi connectivity index (χ4n) is 7.37. The van der Waals surface area contributed by atoms with Crippen LogP contribution in [-0.2, 0) is 0 Å². The molecule has 5 heterocycles. The third-order valence-corrected chi connectivity index (χ3v) is 9.72. The van der Waals surface area contributed by atoms with Crippen molar-refractivity contribution in [3.63, 3.8) is 0 Å². The van der Waals surface area contributed by atoms with Crippen molar-refractivity contribution < 1.29 is 8.83 Å². The van der Waals surface area contributed by atoms with Gasteiger partial charge in [-0.25, -0.2) is 19.9 Å². The first-order valence-electron chi connectivity index (χ1n) is 16.8. The van der Waals surface area contributed by atoms with E-state index in [0.717, 1.165) is 88.2 Å². The quantitative estimate of drug-likeness (QED) is 0.188. The Morgan fingerprint density at radius 1 is 0.431 bits per heavy atom. The van der Waals surface area contributed by atoms with Crippen LogP contribution in [0.5, 0.6) is 0 Å². The molecule has 0 fully saturated rings. The lowest BCUT2D eigenvalue weighted by atomic mass is 10.1. The van der Waals surface area contributed by atoms with Crippen molar-refractivity contribution in [3.8, 4) is 39.9 Å². The Morgan fingerprint density at radius 2 is 1.16 bits per heavy atom. The summed E-state index contributed by atoms with van der Waals surface area (Å²) < 4.78 is 15.1. The minimum Gasteiger partial charge on any atom is -0.456 e. The molecule has 0 aliphatic rings. The third-order valence-electron chi connectivity index (χ3n) is 9.72. The molecule has 6 aromatic carbocycles. The van der Waals surface area contributed by atoms with Crippen molar-refractivity contribution in [2.24, 2.45) is 0 Å². The molecule has 5 aromatic heterocycles. The fourth-order valence-corrected chi connectivity index (χ4v) is 7.37. The molecule has 0 aliphatic carbocycles. The molecule has 0 aliphatic heterocycles. The highest BCUT2D eigenvalue weighted by Crippen LogP contribution is 2.38. The first-order valence-corrected chi connectivity index (χ1v) is 16.8. The van der Waals surface area contributed by atoms with Crippen molar-refractivity contribution in [1.82, 2.24) is 24.5 Å². The van der Waals surface area contributed by atoms with Gasteiger partial charge < -0.3 is 8.83 Å². The van der Waals surface area contributed by atoms with Gasteiger partial charge in [0.15, 0.2) is 17.5 Å². The molecule has 0 N–H and O–H groups in total. The predicted octanol–water partition coefficient (Wildman–Crippen LogP) is 11.2. The van der Waals surface area contributed by atoms with Crippen molar-refractivity contribution in [2.45, 2.75) is 0 Å². The van der Waals surface area contributed by atoms with Gasteiger partial charge in [0, 0.05) is 55.7 Å². The highest BCUT2D eigenvalue weighted by atomic mass is 16.3. The predicted molar refractivity (Wildman–Crippen MR) is 203 cm³/mol. The van der Waals surface area contributed by atoms with E-state index < -0.39 is 0 Å². The molecule has 0 spiro atoms. The monoisotopic (exact) mass is 655 g/mol. The van der Waals surface area contributed by atoms with Gasteiger partial charge in [0.1, 0.15) is 28.0 Å². The van der Waals surface area contributed by atoms with Crippen LogP contribution in [0.3, 0.4) is 0 Å². The minimum absolute atomic E-state index is 0.546. The Balaban J connectivity index is 1.08. The number of fused-ring (bicyclic) bond motifs is 9. The maximum atomic E-state index is 6.47. The summed E-state index contributed by atoms with van der Waals surface area (Å²) in [7, 11) is 0. The zero-order chi connectivity index (χ0) is 33.5. The summed E-state index contributed by atoms with van der Waals surface area (Å²) in [6.45, 7) is 0. The van der Waals surface area contributed by atoms with Gasteiger partial charge in [-0.15, -0.1) is 0 Å². The van der Waals surface area contributed by atoms with Gasteiger partial charge in [-0.2, -0.15) is 0 Å². The zero-order valence-corrected chi connectivity index (χ0v) is 27.0. The number of furan rings is 2. The number of benzene rings is 6. The highest BCUT2D eigenvalue weighted by molar-refractivity contribution is 6.10. The van der Waals surface area contributed by atoms with Crippen LogP contribution >= 0.6 is 0 Å². The van der Waals surface area contributed by atoms with E-state index in [2.05, 4.69) is 71.3 Å². The molecule has 0 atom stereocenters. The molecule has 7 nitrogen and oxygen atoms in total. The van der Waals surface area contributed by atoms with Crippen LogP contribution in [0.25, 0.3) is 106 Å². The second kappa shape index (κ2) is 10.7. The van der Waals surface area contributed by atoms with E-state index in [1.807, 2.05) is 85.1 Å². The van der Waals surface area contributed by atoms with Crippen molar-refractivity contribution in [2.75, 3.05) is 0 Å². The number of nitrogens with zero attached hydrogens (tertiary/aromatic N) is 5. The first kappa shape index (κ1) is 27.8. The van der Waals surface area contributed by atoms with E-state index in [1.54, 1.807) is 0 Å². The first-order chi connectivity index (χ1) is 25.3. The van der Waals surface area contributed by atoms with Gasteiger partial charge in [-0.05, 0) is 60.7 Å². The molecular weight excluding hydrogens is 631 g/mol. The second-order valence-electron chi connectivity index (χ2n) is 12.7. The van der Waals surface area contributed by atoms with E-state index in [-0.39, 0.29) is 0 Å². The molecular formula is C44H25N5O2. The van der Waals surface area contributed by atoms with Crippen LogP contribution in [0.1, 0.15) is 0 Å². The molecule has 11 aromatic rings. The maximum Gasteiger partial charge on any atom is 0.167 e. The van der Waals surface area contributed by atoms with Gasteiger partial charge in [-0.3, -0.25) is 4.57 Å². The molecule has 0 radical (unpaired) electrons. The van der Waals surface area contributed by atoms with Crippen LogP contribution in [0.2, 0.25) is 0 Å². The van der Waals surface area contributed by atoms with E-state index in [4.69, 9.17) is 28.8 Å². The average molecular weight is 656 g/mol. The van der Waals surface area contributed by atoms with E-state index in [0.29, 0.717) is 17.5 Å². The number of pyridine rings is 1. The summed E-state index contributed by atoms with van der Waals surface area (Å²) in [5.74, 6) is 1.70. The van der Waals surface area contributed by atoms with Gasteiger partial charge in [0.2, 0.25) is 0 Å². The van der Waals surface area contributed by atoms with Crippen LogP contribution in [-0.4, -0.2) is 24.5 Å². The van der Waals surface area contributed by atoms with Gasteiger partial charge in [-0.1, -0.05) is 78.9 Å². The number of hydrogen-bond donors (Lipinski definition) is 0. The lowest BCUT2D eigenvalue weighted by Crippen LogP contribution is -2.00. The molecule has 0 bridgehead atoms. The Kier molecular flexibility index (Phi) is 5.83. The number of aromatic nitrogens is 5. The SMILES string of the molecule is c1ccc(-c2nc(-c3ccc4oc5cc(-n6c7ccccc7c7cccnc76)ccc5c4c3)nc(-c3cccc4c3oc3ccccc34)n2)cc1. The normalized spacial score (nSPS) is 11.9. The van der Waals surface area contributed by atoms with Gasteiger partial charge >= 0.3 is 0 Å². The molecule has 0 amide bonds. The molecule has 0 unspecified atom stereocenters. The summed E-state index contributed by atoms with van der Waals surface area (Å²) in [5.41, 5.74) is 8.73. The topological polar surface area (TPSA) is 82.8 Å². The average Bonchev–Trinajstić information content (AvgIpc) is 3.87. The van der Waals surface area contributed by atoms with Crippen LogP contribution < -0.4 is 0 Å². The highest BCUT2D eigenvalue weighted by Gasteiger charge is 2.19. The van der Waals surface area contributed by atoms with Crippen LogP contribution in [0.4, 0.5) is 0 Å². The van der Waals surface area contributed by atoms with Crippen molar-refractivity contribution in [1.29, 1.82) is 0 Å². The number of rotatable bonds is 4. The summed E-state index contributed by atoms with van der Waals surface area (Å²) >= 11 is 0. The third kappa shape index (κ3) is 4.25. The number of hydrogen-bond acceptors (Lipinski definition) is 6. The zero-order valence-electron chi connectivity index (χ0n) is 27.0. The van der Waals surface area contributed by atoms with Gasteiger partial charge in [0.25, 0.3) is 0 Å². The molecule has 0 saturated heterocycles. The van der Waals surface area contributed by atoms with Crippen LogP contribution in [0.15, 0.2) is 161 Å². The summed E-state index contributed by atoms with van der Waals surface area (Å²) in [6.07, 6.45) is 1.84. The largest absolute Gasteiger partial charge is 0.456 e. The molecule has 51 heavy (non-hydrogen) atoms. The standard InChI is InChI=1S/C44H25N5O2/c1-2-10-26(11-3-1)41-46-42(48-43(47-41)34-15-8-14-32-30-13-5-7-18-37(30)51-40(32)34)27-19-22-38-35(24-27)31-21-20-28(25-39(31)50-38)49-36-17-6-4-12-29(36)33-16-9-23-45-44(33)49/h1-25H. The minimum atomic E-state index is 0.546. The lowest BCUT2D eigenvalue weighted by molar-refractivity contribution is 0.668. The maximum absolute atomic E-state index is 6.47.